The van der Waals surface area contributed by atoms with Crippen LogP contribution in [0.1, 0.15) is 26.5 Å². The number of hydrogen-bond acceptors (Lipinski definition) is 6. The number of aromatic carboxylic acids is 1. The van der Waals surface area contributed by atoms with Gasteiger partial charge in [-0.3, -0.25) is 9.48 Å². The van der Waals surface area contributed by atoms with Crippen molar-refractivity contribution in [2.24, 2.45) is 0 Å². The first-order chi connectivity index (χ1) is 13.3. The third kappa shape index (κ3) is 5.38. The lowest BCUT2D eigenvalue weighted by Gasteiger charge is -2.21. The molecule has 1 amide bonds. The first-order valence-corrected chi connectivity index (χ1v) is 8.39. The van der Waals surface area contributed by atoms with Crippen LogP contribution in [0.15, 0.2) is 36.4 Å². The van der Waals surface area contributed by atoms with E-state index < -0.39 is 30.0 Å². The van der Waals surface area contributed by atoms with E-state index in [0.29, 0.717) is 5.56 Å². The molecule has 0 saturated heterocycles. The number of nitrogens with one attached hydrogen (secondary N) is 1. The maximum atomic E-state index is 12.5. The number of carbonyl (C=O) groups is 3. The van der Waals surface area contributed by atoms with Crippen LogP contribution in [0, 0.1) is 0 Å². The molecule has 150 valence electrons. The Morgan fingerprint density at radius 2 is 1.89 bits per heavy atom. The highest BCUT2D eigenvalue weighted by atomic mass is 16.5. The van der Waals surface area contributed by atoms with Crippen molar-refractivity contribution in [2.75, 3.05) is 13.7 Å². The maximum absolute atomic E-state index is 12.5. The van der Waals surface area contributed by atoms with Crippen LogP contribution in [0.25, 0.3) is 0 Å². The third-order valence-electron chi connectivity index (χ3n) is 3.99. The summed E-state index contributed by atoms with van der Waals surface area (Å²) in [6.45, 7) is 0.313. The van der Waals surface area contributed by atoms with Crippen LogP contribution in [0.3, 0.4) is 0 Å². The first kappa shape index (κ1) is 21.1. The van der Waals surface area contributed by atoms with Gasteiger partial charge in [0.1, 0.15) is 5.69 Å². The van der Waals surface area contributed by atoms with Crippen molar-refractivity contribution in [1.82, 2.24) is 15.1 Å². The lowest BCUT2D eigenvalue weighted by atomic mass is 10.0. The topological polar surface area (TPSA) is 151 Å². The monoisotopic (exact) mass is 391 g/mol. The molecule has 10 heteroatoms. The van der Waals surface area contributed by atoms with Gasteiger partial charge in [-0.15, -0.1) is 0 Å². The fourth-order valence-electron chi connectivity index (χ4n) is 2.57. The lowest BCUT2D eigenvalue weighted by molar-refractivity contribution is -0.148. The number of carbonyl (C=O) groups excluding carboxylic acids is 1. The van der Waals surface area contributed by atoms with E-state index in [1.807, 2.05) is 0 Å². The molecule has 1 aromatic heterocycles. The van der Waals surface area contributed by atoms with Gasteiger partial charge in [0.2, 0.25) is 0 Å². The molecular formula is C18H21N3O7. The van der Waals surface area contributed by atoms with E-state index in [2.05, 4.69) is 10.4 Å². The quantitative estimate of drug-likeness (QED) is 0.442. The van der Waals surface area contributed by atoms with Gasteiger partial charge in [0.25, 0.3) is 5.91 Å². The van der Waals surface area contributed by atoms with E-state index in [1.54, 1.807) is 30.3 Å². The summed E-state index contributed by atoms with van der Waals surface area (Å²) in [5.74, 6) is -3.55. The van der Waals surface area contributed by atoms with E-state index in [9.17, 15) is 24.6 Å². The molecule has 0 bridgehead atoms. The molecule has 0 aliphatic carbocycles. The smallest absolute Gasteiger partial charge is 0.354 e. The molecule has 0 spiro atoms. The van der Waals surface area contributed by atoms with Crippen molar-refractivity contribution in [3.05, 3.63) is 53.3 Å². The molecule has 2 atom stereocenters. The zero-order chi connectivity index (χ0) is 20.7. The van der Waals surface area contributed by atoms with Gasteiger partial charge in [-0.1, -0.05) is 30.3 Å². The van der Waals surface area contributed by atoms with Gasteiger partial charge in [0.15, 0.2) is 11.8 Å². The molecule has 1 heterocycles. The van der Waals surface area contributed by atoms with Crippen molar-refractivity contribution in [1.29, 1.82) is 0 Å². The molecule has 0 saturated carbocycles. The number of carboxylic acid groups (broad SMARTS) is 2. The predicted octanol–water partition coefficient (Wildman–Crippen LogP) is 0.0143. The number of methoxy groups -OCH3 is 1. The number of rotatable bonds is 10. The number of nitrogens with zero attached hydrogens (tertiary/aromatic N) is 2. The summed E-state index contributed by atoms with van der Waals surface area (Å²) in [5, 5.41) is 34.7. The van der Waals surface area contributed by atoms with Gasteiger partial charge in [-0.05, 0) is 12.0 Å². The number of aliphatic carboxylic acids is 1. The Morgan fingerprint density at radius 3 is 2.46 bits per heavy atom. The van der Waals surface area contributed by atoms with Crippen LogP contribution in [-0.2, 0) is 22.5 Å². The van der Waals surface area contributed by atoms with Gasteiger partial charge < -0.3 is 25.4 Å². The highest BCUT2D eigenvalue weighted by Gasteiger charge is 2.29. The molecule has 4 N–H and O–H groups in total. The van der Waals surface area contributed by atoms with Crippen LogP contribution >= 0.6 is 0 Å². The molecule has 10 nitrogen and oxygen atoms in total. The summed E-state index contributed by atoms with van der Waals surface area (Å²) >= 11 is 0. The Bertz CT molecular complexity index is 835. The standard InChI is InChI=1S/C18H21N3O7/c1-28-8-7-21-14(17(24)25)10-13(20-21)16(23)19-12(15(22)18(26)27)9-11-5-3-2-4-6-11/h2-6,10,12,15,22H,7-9H2,1H3,(H,19,23)(H,24,25)(H,26,27). The number of hydrogen-bond donors (Lipinski definition) is 4. The largest absolute Gasteiger partial charge is 0.479 e. The number of aliphatic hydroxyl groups is 1. The Kier molecular flexibility index (Phi) is 7.24. The number of aromatic nitrogens is 2. The van der Waals surface area contributed by atoms with Crippen LogP contribution < -0.4 is 5.32 Å². The summed E-state index contributed by atoms with van der Waals surface area (Å²) in [5.41, 5.74) is 0.301. The molecule has 2 rings (SSSR count). The minimum Gasteiger partial charge on any atom is -0.479 e. The van der Waals surface area contributed by atoms with Crippen molar-refractivity contribution in [3.63, 3.8) is 0 Å². The van der Waals surface area contributed by atoms with E-state index in [0.717, 1.165) is 10.7 Å². The van der Waals surface area contributed by atoms with E-state index in [1.165, 1.54) is 7.11 Å². The number of aliphatic hydroxyl groups excluding tert-OH is 1. The van der Waals surface area contributed by atoms with Gasteiger partial charge >= 0.3 is 11.9 Å². The number of carboxylic acids is 2. The molecular weight excluding hydrogens is 370 g/mol. The number of ether oxygens (including phenoxy) is 1. The molecule has 0 aliphatic heterocycles. The van der Waals surface area contributed by atoms with Crippen molar-refractivity contribution in [2.45, 2.75) is 25.1 Å². The molecule has 0 aliphatic rings. The Labute approximate surface area is 160 Å². The second-order valence-corrected chi connectivity index (χ2v) is 5.99. The molecule has 2 aromatic rings. The van der Waals surface area contributed by atoms with Crippen LogP contribution in [0.5, 0.6) is 0 Å². The maximum Gasteiger partial charge on any atom is 0.354 e. The minimum absolute atomic E-state index is 0.0657. The highest BCUT2D eigenvalue weighted by molar-refractivity contribution is 5.96. The van der Waals surface area contributed by atoms with Gasteiger partial charge in [0.05, 0.1) is 19.2 Å². The van der Waals surface area contributed by atoms with Crippen molar-refractivity contribution in [3.8, 4) is 0 Å². The second-order valence-electron chi connectivity index (χ2n) is 5.99. The van der Waals surface area contributed by atoms with Gasteiger partial charge in [-0.2, -0.15) is 5.10 Å². The minimum atomic E-state index is -1.85. The van der Waals surface area contributed by atoms with Gasteiger partial charge in [-0.25, -0.2) is 9.59 Å². The molecule has 1 aromatic carbocycles. The fraction of sp³-hybridized carbons (Fsp3) is 0.333. The van der Waals surface area contributed by atoms with Crippen molar-refractivity contribution < 1.29 is 34.4 Å². The highest BCUT2D eigenvalue weighted by Crippen LogP contribution is 2.10. The average molecular weight is 391 g/mol. The summed E-state index contributed by atoms with van der Waals surface area (Å²) in [7, 11) is 1.44. The van der Waals surface area contributed by atoms with Crippen LogP contribution in [0.2, 0.25) is 0 Å². The predicted molar refractivity (Wildman–Crippen MR) is 96.1 cm³/mol. The summed E-state index contributed by atoms with van der Waals surface area (Å²) < 4.78 is 6.00. The fourth-order valence-corrected chi connectivity index (χ4v) is 2.57. The zero-order valence-electron chi connectivity index (χ0n) is 15.1. The van der Waals surface area contributed by atoms with Gasteiger partial charge in [0, 0.05) is 13.2 Å². The normalized spacial score (nSPS) is 12.9. The average Bonchev–Trinajstić information content (AvgIpc) is 3.10. The summed E-state index contributed by atoms with van der Waals surface area (Å²) in [6.07, 6.45) is -1.78. The third-order valence-corrected chi connectivity index (χ3v) is 3.99. The molecule has 2 unspecified atom stereocenters. The lowest BCUT2D eigenvalue weighted by Crippen LogP contribution is -2.48. The van der Waals surface area contributed by atoms with Crippen molar-refractivity contribution >= 4 is 17.8 Å². The first-order valence-electron chi connectivity index (χ1n) is 8.39. The van der Waals surface area contributed by atoms with Crippen LogP contribution in [0.4, 0.5) is 0 Å². The Balaban J connectivity index is 2.22. The Morgan fingerprint density at radius 1 is 1.21 bits per heavy atom. The van der Waals surface area contributed by atoms with E-state index >= 15 is 0 Å². The SMILES string of the molecule is COCCn1nc(C(=O)NC(Cc2ccccc2)C(O)C(=O)O)cc1C(=O)O. The molecule has 28 heavy (non-hydrogen) atoms. The molecule has 0 radical (unpaired) electrons. The Hall–Kier alpha value is -3.24. The van der Waals surface area contributed by atoms with E-state index in [-0.39, 0.29) is 31.0 Å². The number of amides is 1. The summed E-state index contributed by atoms with van der Waals surface area (Å²) in [6, 6.07) is 8.69. The van der Waals surface area contributed by atoms with Crippen LogP contribution in [-0.4, -0.2) is 68.8 Å². The second kappa shape index (κ2) is 9.62. The number of benzene rings is 1. The van der Waals surface area contributed by atoms with E-state index in [4.69, 9.17) is 9.84 Å². The summed E-state index contributed by atoms with van der Waals surface area (Å²) in [4.78, 5) is 35.1. The zero-order valence-corrected chi connectivity index (χ0v) is 15.1. The molecule has 0 fully saturated rings.